The Balaban J connectivity index is -0.00000345. The molecule has 0 spiro atoms. The summed E-state index contributed by atoms with van der Waals surface area (Å²) in [4.78, 5) is 21.9. The maximum Gasteiger partial charge on any atom is 0.333 e. The SMILES string of the molecule is C=C(C)C(=O)OC(C)(C)C(COC(C)C(C)CCCCOC(C)(C)CCOc1cccc(OCCC(C)(C)OCCCCOCC(c2ccccc2)C(C)(C)OC)c1)c1ccccc1.C=C(C)C=O.CC.CC.CC.CCCC. The van der Waals surface area contributed by atoms with Crippen molar-refractivity contribution in [2.75, 3.05) is 53.4 Å². The van der Waals surface area contributed by atoms with E-state index in [4.69, 9.17) is 37.9 Å². The molecular formula is C69H118O10. The van der Waals surface area contributed by atoms with Gasteiger partial charge in [0.05, 0.1) is 49.3 Å². The van der Waals surface area contributed by atoms with Crippen molar-refractivity contribution in [3.63, 3.8) is 0 Å². The molecule has 3 aromatic carbocycles. The van der Waals surface area contributed by atoms with Crippen LogP contribution in [0, 0.1) is 5.92 Å². The maximum atomic E-state index is 12.4. The van der Waals surface area contributed by atoms with Gasteiger partial charge in [-0.05, 0) is 137 Å². The number of rotatable bonds is 35. The first-order valence-electron chi connectivity index (χ1n) is 29.9. The Morgan fingerprint density at radius 1 is 0.582 bits per heavy atom. The second-order valence-corrected chi connectivity index (χ2v) is 21.7. The highest BCUT2D eigenvalue weighted by molar-refractivity contribution is 5.87. The lowest BCUT2D eigenvalue weighted by Gasteiger charge is -2.35. The molecule has 0 heterocycles. The van der Waals surface area contributed by atoms with Crippen molar-refractivity contribution in [1.82, 2.24) is 0 Å². The van der Waals surface area contributed by atoms with Crippen molar-refractivity contribution < 1.29 is 47.5 Å². The minimum atomic E-state index is -0.766. The van der Waals surface area contributed by atoms with Crippen LogP contribution in [0.15, 0.2) is 109 Å². The van der Waals surface area contributed by atoms with Crippen LogP contribution in [0.5, 0.6) is 11.5 Å². The fourth-order valence-electron chi connectivity index (χ4n) is 7.35. The van der Waals surface area contributed by atoms with Gasteiger partial charge in [-0.15, -0.1) is 0 Å². The van der Waals surface area contributed by atoms with Gasteiger partial charge in [-0.1, -0.05) is 161 Å². The summed E-state index contributed by atoms with van der Waals surface area (Å²) in [5.41, 5.74) is 1.56. The molecule has 0 aliphatic rings. The fourth-order valence-corrected chi connectivity index (χ4v) is 7.35. The van der Waals surface area contributed by atoms with E-state index in [1.165, 1.54) is 18.4 Å². The normalized spacial score (nSPS) is 12.7. The number of methoxy groups -OCH3 is 1. The molecule has 0 saturated carbocycles. The van der Waals surface area contributed by atoms with Gasteiger partial charge in [0, 0.05) is 63.2 Å². The van der Waals surface area contributed by atoms with Crippen LogP contribution < -0.4 is 9.47 Å². The van der Waals surface area contributed by atoms with Crippen molar-refractivity contribution in [1.29, 1.82) is 0 Å². The van der Waals surface area contributed by atoms with Crippen LogP contribution in [-0.4, -0.2) is 94.1 Å². The average Bonchev–Trinajstić information content (AvgIpc) is 3.43. The monoisotopic (exact) mass is 1110 g/mol. The lowest BCUT2D eigenvalue weighted by Crippen LogP contribution is -2.39. The lowest BCUT2D eigenvalue weighted by molar-refractivity contribution is -0.156. The van der Waals surface area contributed by atoms with E-state index in [9.17, 15) is 9.59 Å². The molecule has 3 aromatic rings. The molecule has 0 saturated heterocycles. The molecule has 3 rings (SSSR count). The summed E-state index contributed by atoms with van der Waals surface area (Å²) in [7, 11) is 1.76. The Kier molecular flexibility index (Phi) is 46.2. The lowest BCUT2D eigenvalue weighted by atomic mass is 9.85. The van der Waals surface area contributed by atoms with Crippen molar-refractivity contribution in [2.45, 2.75) is 237 Å². The Bertz CT molecular complexity index is 1940. The van der Waals surface area contributed by atoms with Crippen molar-refractivity contribution >= 4 is 12.3 Å². The largest absolute Gasteiger partial charge is 0.493 e. The zero-order valence-corrected chi connectivity index (χ0v) is 54.3. The van der Waals surface area contributed by atoms with E-state index in [0.29, 0.717) is 63.3 Å². The minimum Gasteiger partial charge on any atom is -0.493 e. The van der Waals surface area contributed by atoms with Crippen molar-refractivity contribution in [2.24, 2.45) is 5.92 Å². The predicted molar refractivity (Wildman–Crippen MR) is 335 cm³/mol. The van der Waals surface area contributed by atoms with Crippen molar-refractivity contribution in [3.8, 4) is 11.5 Å². The van der Waals surface area contributed by atoms with Crippen LogP contribution in [0.25, 0.3) is 0 Å². The van der Waals surface area contributed by atoms with Gasteiger partial charge in [0.2, 0.25) is 0 Å². The van der Waals surface area contributed by atoms with Gasteiger partial charge >= 0.3 is 5.97 Å². The van der Waals surface area contributed by atoms with Gasteiger partial charge in [-0.25, -0.2) is 4.79 Å². The molecule has 0 amide bonds. The molecule has 0 radical (unpaired) electrons. The van der Waals surface area contributed by atoms with Crippen LogP contribution >= 0.6 is 0 Å². The summed E-state index contributed by atoms with van der Waals surface area (Å²) in [5, 5.41) is 0. The molecule has 0 aliphatic carbocycles. The molecule has 0 bridgehead atoms. The highest BCUT2D eigenvalue weighted by Crippen LogP contribution is 2.34. The van der Waals surface area contributed by atoms with E-state index in [2.05, 4.69) is 119 Å². The van der Waals surface area contributed by atoms with Gasteiger partial charge in [0.25, 0.3) is 0 Å². The number of carbonyl (C=O) groups is 2. The van der Waals surface area contributed by atoms with Gasteiger partial charge < -0.3 is 37.9 Å². The average molecular weight is 1110 g/mol. The van der Waals surface area contributed by atoms with Crippen LogP contribution in [0.2, 0.25) is 0 Å². The molecule has 10 heteroatoms. The Morgan fingerprint density at radius 3 is 1.41 bits per heavy atom. The van der Waals surface area contributed by atoms with Gasteiger partial charge in [0.1, 0.15) is 23.4 Å². The second-order valence-electron chi connectivity index (χ2n) is 21.7. The smallest absolute Gasteiger partial charge is 0.333 e. The number of hydrogen-bond donors (Lipinski definition) is 0. The Hall–Kier alpha value is -4.32. The first kappa shape index (κ1) is 78.9. The van der Waals surface area contributed by atoms with Crippen LogP contribution in [0.1, 0.15) is 219 Å². The number of ether oxygens (including phenoxy) is 8. The highest BCUT2D eigenvalue weighted by atomic mass is 16.6. The molecule has 454 valence electrons. The quantitative estimate of drug-likeness (QED) is 0.0244. The number of carbonyl (C=O) groups excluding carboxylic acids is 2. The first-order chi connectivity index (χ1) is 37.4. The van der Waals surface area contributed by atoms with Crippen LogP contribution in [-0.2, 0) is 38.0 Å². The van der Waals surface area contributed by atoms with E-state index < -0.39 is 5.60 Å². The fraction of sp³-hybridized carbons (Fsp3) is 0.652. The third kappa shape index (κ3) is 38.1. The van der Waals surface area contributed by atoms with E-state index in [1.54, 1.807) is 21.0 Å². The minimum absolute atomic E-state index is 0.0462. The Labute approximate surface area is 485 Å². The molecule has 0 fully saturated rings. The molecule has 10 nitrogen and oxygen atoms in total. The Morgan fingerprint density at radius 2 is 1.00 bits per heavy atom. The highest BCUT2D eigenvalue weighted by Gasteiger charge is 2.36. The summed E-state index contributed by atoms with van der Waals surface area (Å²) in [5.74, 6) is 1.57. The van der Waals surface area contributed by atoms with Crippen LogP contribution in [0.4, 0.5) is 0 Å². The van der Waals surface area contributed by atoms with Crippen molar-refractivity contribution in [3.05, 3.63) is 120 Å². The number of unbranched alkanes of at least 4 members (excludes halogenated alkanes) is 3. The number of aldehydes is 1. The number of esters is 1. The molecule has 4 atom stereocenters. The standard InChI is InChI=1S/C55H84O9.C4H6O.C4H10.3C2H6/c1-42(2)51(56)64-55(11,12)50(46-28-18-15-19-29-46)41-61-44(4)43(3)25-20-21-35-62-52(5,6)32-37-59-47-30-24-31-48(39-47)60-38-33-53(7,8)63-36-23-22-34-58-40-49(54(9,10)57-13)45-26-16-14-17-27-45;1-4(2)3-5;1-3-4-2;3*1-2/h14-19,24,26-31,39,43-44,49-50H,1,20-23,25,32-38,40-41H2,2-13H3;3H,1H2,2H3;3-4H2,1-2H3;3*1-2H3. The summed E-state index contributed by atoms with van der Waals surface area (Å²) in [6.45, 7) is 51.9. The van der Waals surface area contributed by atoms with E-state index >= 15 is 0 Å². The van der Waals surface area contributed by atoms with E-state index in [1.807, 2.05) is 104 Å². The van der Waals surface area contributed by atoms with E-state index in [0.717, 1.165) is 68.3 Å². The molecular weight excluding hydrogens is 989 g/mol. The van der Waals surface area contributed by atoms with E-state index in [-0.39, 0.29) is 40.7 Å². The zero-order chi connectivity index (χ0) is 60.9. The predicted octanol–water partition coefficient (Wildman–Crippen LogP) is 18.4. The van der Waals surface area contributed by atoms with Gasteiger partial charge in [-0.2, -0.15) is 0 Å². The maximum absolute atomic E-state index is 12.4. The summed E-state index contributed by atoms with van der Waals surface area (Å²) in [6.07, 6.45) is 9.84. The summed E-state index contributed by atoms with van der Waals surface area (Å²) >= 11 is 0. The molecule has 0 aromatic heterocycles. The molecule has 0 N–H and O–H groups in total. The molecule has 0 aliphatic heterocycles. The number of hydrogen-bond acceptors (Lipinski definition) is 10. The third-order valence-corrected chi connectivity index (χ3v) is 13.1. The van der Waals surface area contributed by atoms with Crippen LogP contribution in [0.3, 0.4) is 0 Å². The van der Waals surface area contributed by atoms with Gasteiger partial charge in [0.15, 0.2) is 0 Å². The molecule has 79 heavy (non-hydrogen) atoms. The topological polar surface area (TPSA) is 108 Å². The zero-order valence-electron chi connectivity index (χ0n) is 54.3. The number of benzene rings is 3. The van der Waals surface area contributed by atoms with Gasteiger partial charge in [-0.3, -0.25) is 4.79 Å². The third-order valence-electron chi connectivity index (χ3n) is 13.1. The molecule has 4 unspecified atom stereocenters. The number of allylic oxidation sites excluding steroid dienone is 1. The summed E-state index contributed by atoms with van der Waals surface area (Å²) in [6, 6.07) is 28.4. The summed E-state index contributed by atoms with van der Waals surface area (Å²) < 4.78 is 49.1. The second kappa shape index (κ2) is 46.3. The first-order valence-corrected chi connectivity index (χ1v) is 29.9.